The van der Waals surface area contributed by atoms with E-state index >= 15 is 0 Å². The Balaban J connectivity index is 1.39. The Bertz CT molecular complexity index is 1630. The molecule has 0 saturated carbocycles. The average Bonchev–Trinajstić information content (AvgIpc) is 3.34. The molecule has 1 saturated heterocycles. The van der Waals surface area contributed by atoms with Gasteiger partial charge in [-0.2, -0.15) is 0 Å². The minimum Gasteiger partial charge on any atom is -0.507 e. The Morgan fingerprint density at radius 1 is 0.761 bits per heavy atom. The summed E-state index contributed by atoms with van der Waals surface area (Å²) >= 11 is 0. The van der Waals surface area contributed by atoms with Crippen molar-refractivity contribution in [2.75, 3.05) is 26.2 Å². The van der Waals surface area contributed by atoms with Gasteiger partial charge in [-0.3, -0.25) is 9.59 Å². The predicted octanol–water partition coefficient (Wildman–Crippen LogP) is 7.31. The topological polar surface area (TPSA) is 79.3 Å². The van der Waals surface area contributed by atoms with Gasteiger partial charge in [0.15, 0.2) is 0 Å². The van der Waals surface area contributed by atoms with Crippen LogP contribution in [0.3, 0.4) is 0 Å². The molecule has 1 aliphatic rings. The van der Waals surface area contributed by atoms with E-state index in [0.717, 1.165) is 36.3 Å². The summed E-state index contributed by atoms with van der Waals surface area (Å²) < 4.78 is 11.9. The molecule has 7 nitrogen and oxygen atoms in total. The summed E-state index contributed by atoms with van der Waals surface area (Å²) in [6.45, 7) is 10.1. The van der Waals surface area contributed by atoms with Gasteiger partial charge in [-0.15, -0.1) is 0 Å². The van der Waals surface area contributed by atoms with Crippen molar-refractivity contribution in [2.45, 2.75) is 46.4 Å². The number of benzene rings is 4. The molecule has 0 spiro atoms. The number of aliphatic hydroxyl groups excluding tert-OH is 1. The Kier molecular flexibility index (Phi) is 10.9. The van der Waals surface area contributed by atoms with Crippen LogP contribution in [-0.2, 0) is 22.8 Å². The first-order valence-corrected chi connectivity index (χ1v) is 15.9. The van der Waals surface area contributed by atoms with E-state index in [1.807, 2.05) is 85.8 Å². The lowest BCUT2D eigenvalue weighted by Crippen LogP contribution is -2.33. The normalized spacial score (nSPS) is 15.8. The van der Waals surface area contributed by atoms with Crippen molar-refractivity contribution in [3.8, 4) is 11.5 Å². The molecular weight excluding hydrogens is 576 g/mol. The van der Waals surface area contributed by atoms with Gasteiger partial charge >= 0.3 is 0 Å². The van der Waals surface area contributed by atoms with E-state index in [0.29, 0.717) is 43.2 Å². The first kappa shape index (κ1) is 32.5. The number of rotatable bonds is 14. The number of likely N-dealkylation sites (tertiary alicyclic amines) is 1. The molecule has 1 amide bonds. The van der Waals surface area contributed by atoms with Gasteiger partial charge in [-0.25, -0.2) is 0 Å². The number of aliphatic hydroxyl groups is 1. The highest BCUT2D eigenvalue weighted by atomic mass is 16.5. The van der Waals surface area contributed by atoms with Crippen molar-refractivity contribution in [1.82, 2.24) is 9.80 Å². The number of carbonyl (C=O) groups excluding carboxylic acids is 2. The zero-order valence-electron chi connectivity index (χ0n) is 26.8. The highest BCUT2D eigenvalue weighted by Crippen LogP contribution is 2.40. The third-order valence-corrected chi connectivity index (χ3v) is 8.41. The third-order valence-electron chi connectivity index (χ3n) is 8.41. The fourth-order valence-electron chi connectivity index (χ4n) is 5.66. The molecule has 0 unspecified atom stereocenters. The standard InChI is InChI=1S/C39H42N2O5/c1-4-40(5-2)24-9-25-41-36(31-16-20-33(21-17-31)45-26-29-10-7-6-8-11-29)35(38(43)39(41)44)37(42)32-18-22-34(23-19-32)46-27-30-14-12-28(3)13-15-30/h6-8,10-23,36,42H,4-5,9,24-27H2,1-3H3/t36-/m1/s1. The summed E-state index contributed by atoms with van der Waals surface area (Å²) in [5, 5.41) is 11.5. The van der Waals surface area contributed by atoms with Gasteiger partial charge in [-0.05, 0) is 86.1 Å². The van der Waals surface area contributed by atoms with Gasteiger partial charge in [0.05, 0.1) is 11.6 Å². The van der Waals surface area contributed by atoms with Crippen molar-refractivity contribution >= 4 is 17.4 Å². The minimum absolute atomic E-state index is 0.0825. The molecule has 46 heavy (non-hydrogen) atoms. The lowest BCUT2D eigenvalue weighted by atomic mass is 9.95. The predicted molar refractivity (Wildman–Crippen MR) is 181 cm³/mol. The fourth-order valence-corrected chi connectivity index (χ4v) is 5.66. The van der Waals surface area contributed by atoms with Crippen LogP contribution in [0.25, 0.3) is 5.76 Å². The number of ether oxygens (including phenoxy) is 2. The Morgan fingerprint density at radius 3 is 1.91 bits per heavy atom. The highest BCUT2D eigenvalue weighted by molar-refractivity contribution is 6.46. The molecule has 0 aromatic heterocycles. The van der Waals surface area contributed by atoms with Gasteiger partial charge < -0.3 is 24.4 Å². The van der Waals surface area contributed by atoms with E-state index in [-0.39, 0.29) is 11.3 Å². The van der Waals surface area contributed by atoms with Crippen LogP contribution in [-0.4, -0.2) is 52.8 Å². The monoisotopic (exact) mass is 618 g/mol. The van der Waals surface area contributed by atoms with Crippen molar-refractivity contribution in [2.24, 2.45) is 0 Å². The summed E-state index contributed by atoms with van der Waals surface area (Å²) in [6.07, 6.45) is 0.705. The fraction of sp³-hybridized carbons (Fsp3) is 0.282. The van der Waals surface area contributed by atoms with Crippen LogP contribution in [0.5, 0.6) is 11.5 Å². The molecule has 1 fully saturated rings. The molecule has 0 aliphatic carbocycles. The molecule has 1 aliphatic heterocycles. The lowest BCUT2D eigenvalue weighted by molar-refractivity contribution is -0.140. The molecular formula is C39H42N2O5. The molecule has 1 N–H and O–H groups in total. The highest BCUT2D eigenvalue weighted by Gasteiger charge is 2.45. The molecule has 5 rings (SSSR count). The average molecular weight is 619 g/mol. The number of hydrogen-bond donors (Lipinski definition) is 1. The van der Waals surface area contributed by atoms with Crippen LogP contribution in [0.4, 0.5) is 0 Å². The van der Waals surface area contributed by atoms with Gasteiger partial charge in [0.2, 0.25) is 0 Å². The maximum Gasteiger partial charge on any atom is 0.295 e. The quantitative estimate of drug-likeness (QED) is 0.0908. The second-order valence-corrected chi connectivity index (χ2v) is 11.5. The molecule has 0 radical (unpaired) electrons. The lowest BCUT2D eigenvalue weighted by Gasteiger charge is -2.27. The van der Waals surface area contributed by atoms with Crippen molar-refractivity contribution in [3.05, 3.63) is 137 Å². The Labute approximate surface area is 271 Å². The number of hydrogen-bond acceptors (Lipinski definition) is 6. The summed E-state index contributed by atoms with van der Waals surface area (Å²) in [5.41, 5.74) is 4.55. The van der Waals surface area contributed by atoms with Crippen molar-refractivity contribution in [3.63, 3.8) is 0 Å². The number of ketones is 1. The van der Waals surface area contributed by atoms with Crippen LogP contribution in [0.15, 0.2) is 109 Å². The van der Waals surface area contributed by atoms with Gasteiger partial charge in [0.25, 0.3) is 11.7 Å². The van der Waals surface area contributed by atoms with E-state index < -0.39 is 17.7 Å². The van der Waals surface area contributed by atoms with E-state index in [2.05, 4.69) is 18.7 Å². The summed E-state index contributed by atoms with van der Waals surface area (Å²) in [5.74, 6) is -0.184. The minimum atomic E-state index is -0.725. The smallest absolute Gasteiger partial charge is 0.295 e. The number of carbonyl (C=O) groups is 2. The van der Waals surface area contributed by atoms with Crippen LogP contribution in [0.2, 0.25) is 0 Å². The van der Waals surface area contributed by atoms with E-state index in [4.69, 9.17) is 9.47 Å². The molecule has 238 valence electrons. The number of Topliss-reactive ketones (excluding diaryl/α,β-unsaturated/α-hetero) is 1. The van der Waals surface area contributed by atoms with Crippen LogP contribution >= 0.6 is 0 Å². The number of amides is 1. The van der Waals surface area contributed by atoms with Crippen LogP contribution in [0.1, 0.15) is 54.1 Å². The molecule has 1 atom stereocenters. The van der Waals surface area contributed by atoms with Crippen LogP contribution < -0.4 is 9.47 Å². The third kappa shape index (κ3) is 7.85. The molecule has 1 heterocycles. The second-order valence-electron chi connectivity index (χ2n) is 11.5. The Morgan fingerprint density at radius 2 is 1.33 bits per heavy atom. The number of aryl methyl sites for hydroxylation is 1. The van der Waals surface area contributed by atoms with E-state index in [9.17, 15) is 14.7 Å². The molecule has 4 aromatic rings. The SMILES string of the molecule is CCN(CC)CCCN1C(=O)C(=O)C(=C(O)c2ccc(OCc3ccc(C)cc3)cc2)[C@H]1c1ccc(OCc2ccccc2)cc1. The van der Waals surface area contributed by atoms with Crippen LogP contribution in [0, 0.1) is 6.92 Å². The second kappa shape index (κ2) is 15.4. The zero-order valence-corrected chi connectivity index (χ0v) is 26.8. The molecule has 7 heteroatoms. The first-order valence-electron chi connectivity index (χ1n) is 15.9. The molecule has 0 bridgehead atoms. The van der Waals surface area contributed by atoms with Crippen molar-refractivity contribution < 1.29 is 24.2 Å². The first-order chi connectivity index (χ1) is 22.4. The maximum absolute atomic E-state index is 13.5. The van der Waals surface area contributed by atoms with Gasteiger partial charge in [-0.1, -0.05) is 86.1 Å². The zero-order chi connectivity index (χ0) is 32.5. The van der Waals surface area contributed by atoms with Crippen molar-refractivity contribution in [1.29, 1.82) is 0 Å². The van der Waals surface area contributed by atoms with E-state index in [1.54, 1.807) is 29.2 Å². The molecule has 4 aromatic carbocycles. The summed E-state index contributed by atoms with van der Waals surface area (Å²) in [6, 6.07) is 31.7. The summed E-state index contributed by atoms with van der Waals surface area (Å²) in [7, 11) is 0. The van der Waals surface area contributed by atoms with Gasteiger partial charge in [0, 0.05) is 12.1 Å². The maximum atomic E-state index is 13.5. The van der Waals surface area contributed by atoms with Gasteiger partial charge in [0.1, 0.15) is 30.5 Å². The summed E-state index contributed by atoms with van der Waals surface area (Å²) in [4.78, 5) is 30.9. The Hall–Kier alpha value is -4.88. The van der Waals surface area contributed by atoms with E-state index in [1.165, 1.54) is 5.56 Å². The largest absolute Gasteiger partial charge is 0.507 e. The number of nitrogens with zero attached hydrogens (tertiary/aromatic N) is 2.